The summed E-state index contributed by atoms with van der Waals surface area (Å²) in [4.78, 5) is 19.0. The maximum Gasteiger partial charge on any atom is 0.227 e. The van der Waals surface area contributed by atoms with Gasteiger partial charge in [0.1, 0.15) is 6.07 Å². The minimum Gasteiger partial charge on any atom is -0.311 e. The Kier molecular flexibility index (Phi) is 4.32. The number of benzene rings is 2. The molecule has 26 heavy (non-hydrogen) atoms. The Morgan fingerprint density at radius 2 is 1.85 bits per heavy atom. The second-order valence-corrected chi connectivity index (χ2v) is 6.70. The molecule has 1 aliphatic rings. The average Bonchev–Trinajstić information content (AvgIpc) is 2.67. The molecule has 0 saturated carbocycles. The van der Waals surface area contributed by atoms with Crippen LogP contribution in [0.1, 0.15) is 25.0 Å². The standard InChI is InChI=1S/C21H16ClN3O/c22-16-9-3-1-7-14(16)20-18(13-23)24-17-10-4-2-8-15(17)21(20)25-12-6-5-11-19(25)26/h1-4,7-10H,5-6,11-12H2. The first-order valence-electron chi connectivity index (χ1n) is 8.59. The number of hydrogen-bond donors (Lipinski definition) is 0. The van der Waals surface area contributed by atoms with Crippen molar-refractivity contribution in [2.45, 2.75) is 19.3 Å². The highest BCUT2D eigenvalue weighted by Gasteiger charge is 2.27. The van der Waals surface area contributed by atoms with Gasteiger partial charge in [0, 0.05) is 34.5 Å². The second-order valence-electron chi connectivity index (χ2n) is 6.30. The molecular formula is C21H16ClN3O. The number of para-hydroxylation sites is 1. The van der Waals surface area contributed by atoms with Crippen molar-refractivity contribution >= 4 is 34.1 Å². The maximum absolute atomic E-state index is 12.7. The molecule has 2 heterocycles. The van der Waals surface area contributed by atoms with Crippen LogP contribution < -0.4 is 4.90 Å². The summed E-state index contributed by atoms with van der Waals surface area (Å²) >= 11 is 6.45. The largest absolute Gasteiger partial charge is 0.311 e. The van der Waals surface area contributed by atoms with Crippen molar-refractivity contribution in [1.82, 2.24) is 4.98 Å². The molecule has 0 bridgehead atoms. The highest BCUT2D eigenvalue weighted by Crippen LogP contribution is 2.42. The maximum atomic E-state index is 12.7. The summed E-state index contributed by atoms with van der Waals surface area (Å²) < 4.78 is 0. The molecule has 5 heteroatoms. The molecule has 1 fully saturated rings. The van der Waals surface area contributed by atoms with E-state index < -0.39 is 0 Å². The molecule has 0 aliphatic carbocycles. The summed E-state index contributed by atoms with van der Waals surface area (Å²) in [6.45, 7) is 0.634. The zero-order chi connectivity index (χ0) is 18.1. The predicted octanol–water partition coefficient (Wildman–Crippen LogP) is 4.94. The number of piperidine rings is 1. The molecule has 3 aromatic rings. The van der Waals surface area contributed by atoms with Crippen molar-refractivity contribution < 1.29 is 4.79 Å². The van der Waals surface area contributed by atoms with Gasteiger partial charge in [-0.15, -0.1) is 0 Å². The second kappa shape index (κ2) is 6.78. The number of anilines is 1. The van der Waals surface area contributed by atoms with Crippen LogP contribution >= 0.6 is 11.6 Å². The van der Waals surface area contributed by atoms with Gasteiger partial charge in [0.05, 0.1) is 11.2 Å². The smallest absolute Gasteiger partial charge is 0.227 e. The van der Waals surface area contributed by atoms with Crippen molar-refractivity contribution in [3.05, 3.63) is 59.2 Å². The number of pyridine rings is 1. The van der Waals surface area contributed by atoms with Gasteiger partial charge in [0.2, 0.25) is 5.91 Å². The molecule has 0 radical (unpaired) electrons. The van der Waals surface area contributed by atoms with Gasteiger partial charge in [0.15, 0.2) is 5.69 Å². The van der Waals surface area contributed by atoms with E-state index >= 15 is 0 Å². The molecule has 0 spiro atoms. The Morgan fingerprint density at radius 1 is 1.08 bits per heavy atom. The van der Waals surface area contributed by atoms with Gasteiger partial charge >= 0.3 is 0 Å². The zero-order valence-corrected chi connectivity index (χ0v) is 14.8. The van der Waals surface area contributed by atoms with E-state index in [0.717, 1.165) is 29.5 Å². The molecule has 0 atom stereocenters. The summed E-state index contributed by atoms with van der Waals surface area (Å²) in [5.74, 6) is 0.0739. The van der Waals surface area contributed by atoms with Crippen molar-refractivity contribution in [3.8, 4) is 17.2 Å². The topological polar surface area (TPSA) is 57.0 Å². The third-order valence-electron chi connectivity index (χ3n) is 4.71. The van der Waals surface area contributed by atoms with E-state index in [9.17, 15) is 10.1 Å². The van der Waals surface area contributed by atoms with E-state index in [1.165, 1.54) is 0 Å². The van der Waals surface area contributed by atoms with Crippen LogP contribution in [-0.2, 0) is 4.79 Å². The predicted molar refractivity (Wildman–Crippen MR) is 103 cm³/mol. The quantitative estimate of drug-likeness (QED) is 0.649. The number of carbonyl (C=O) groups excluding carboxylic acids is 1. The highest BCUT2D eigenvalue weighted by molar-refractivity contribution is 6.34. The summed E-state index contributed by atoms with van der Waals surface area (Å²) in [5.41, 5.74) is 3.08. The van der Waals surface area contributed by atoms with Gasteiger partial charge in [-0.2, -0.15) is 5.26 Å². The van der Waals surface area contributed by atoms with E-state index in [-0.39, 0.29) is 11.6 Å². The Balaban J connectivity index is 2.12. The normalized spacial score (nSPS) is 14.5. The number of amides is 1. The zero-order valence-electron chi connectivity index (χ0n) is 14.1. The lowest BCUT2D eigenvalue weighted by atomic mass is 9.96. The number of aromatic nitrogens is 1. The Morgan fingerprint density at radius 3 is 2.62 bits per heavy atom. The fraction of sp³-hybridized carbons (Fsp3) is 0.190. The molecular weight excluding hydrogens is 346 g/mol. The minimum atomic E-state index is 0.0739. The van der Waals surface area contributed by atoms with Gasteiger partial charge in [-0.05, 0) is 25.0 Å². The summed E-state index contributed by atoms with van der Waals surface area (Å²) in [7, 11) is 0. The first kappa shape index (κ1) is 16.6. The SMILES string of the molecule is N#Cc1nc2ccccc2c(N2CCCCC2=O)c1-c1ccccc1Cl. The van der Waals surface area contributed by atoms with Crippen LogP contribution in [-0.4, -0.2) is 17.4 Å². The average molecular weight is 362 g/mol. The van der Waals surface area contributed by atoms with Crippen molar-refractivity contribution in [2.24, 2.45) is 0 Å². The van der Waals surface area contributed by atoms with Crippen LogP contribution in [0.15, 0.2) is 48.5 Å². The van der Waals surface area contributed by atoms with Gasteiger partial charge in [0.25, 0.3) is 0 Å². The third-order valence-corrected chi connectivity index (χ3v) is 5.04. The van der Waals surface area contributed by atoms with E-state index in [0.29, 0.717) is 29.1 Å². The molecule has 4 rings (SSSR count). The highest BCUT2D eigenvalue weighted by atomic mass is 35.5. The monoisotopic (exact) mass is 361 g/mol. The molecule has 0 unspecified atom stereocenters. The van der Waals surface area contributed by atoms with Crippen molar-refractivity contribution in [2.75, 3.05) is 11.4 Å². The number of halogens is 1. The minimum absolute atomic E-state index is 0.0739. The summed E-state index contributed by atoms with van der Waals surface area (Å²) in [5, 5.41) is 11.2. The number of carbonyl (C=O) groups is 1. The lowest BCUT2D eigenvalue weighted by molar-refractivity contribution is -0.119. The summed E-state index contributed by atoms with van der Waals surface area (Å²) in [6, 6.07) is 17.2. The fourth-order valence-corrected chi connectivity index (χ4v) is 3.75. The Labute approximate surface area is 156 Å². The first-order valence-corrected chi connectivity index (χ1v) is 8.96. The fourth-order valence-electron chi connectivity index (χ4n) is 3.52. The van der Waals surface area contributed by atoms with Crippen LogP contribution in [0.2, 0.25) is 5.02 Å². The Hall–Kier alpha value is -2.90. The van der Waals surface area contributed by atoms with Crippen LogP contribution in [0.3, 0.4) is 0 Å². The van der Waals surface area contributed by atoms with E-state index in [1.807, 2.05) is 42.5 Å². The lowest BCUT2D eigenvalue weighted by Gasteiger charge is -2.30. The van der Waals surface area contributed by atoms with Gasteiger partial charge in [-0.25, -0.2) is 4.98 Å². The lowest BCUT2D eigenvalue weighted by Crippen LogP contribution is -2.36. The number of rotatable bonds is 2. The van der Waals surface area contributed by atoms with Crippen LogP contribution in [0.5, 0.6) is 0 Å². The molecule has 4 nitrogen and oxygen atoms in total. The van der Waals surface area contributed by atoms with Crippen molar-refractivity contribution in [1.29, 1.82) is 5.26 Å². The number of nitriles is 1. The molecule has 1 aromatic heterocycles. The van der Waals surface area contributed by atoms with Crippen LogP contribution in [0.4, 0.5) is 5.69 Å². The molecule has 1 amide bonds. The number of fused-ring (bicyclic) bond motifs is 1. The first-order chi connectivity index (χ1) is 12.7. The molecule has 0 N–H and O–H groups in total. The molecule has 2 aromatic carbocycles. The van der Waals surface area contributed by atoms with E-state index in [2.05, 4.69) is 11.1 Å². The number of hydrogen-bond acceptors (Lipinski definition) is 3. The van der Waals surface area contributed by atoms with Gasteiger partial charge in [-0.1, -0.05) is 48.0 Å². The molecule has 128 valence electrons. The van der Waals surface area contributed by atoms with Gasteiger partial charge in [-0.3, -0.25) is 4.79 Å². The van der Waals surface area contributed by atoms with E-state index in [4.69, 9.17) is 11.6 Å². The third kappa shape index (κ3) is 2.71. The summed E-state index contributed by atoms with van der Waals surface area (Å²) in [6.07, 6.45) is 2.34. The molecule has 1 saturated heterocycles. The Bertz CT molecular complexity index is 1050. The van der Waals surface area contributed by atoms with Crippen LogP contribution in [0, 0.1) is 11.3 Å². The van der Waals surface area contributed by atoms with Crippen LogP contribution in [0.25, 0.3) is 22.0 Å². The number of nitrogens with zero attached hydrogens (tertiary/aromatic N) is 3. The molecule has 1 aliphatic heterocycles. The van der Waals surface area contributed by atoms with E-state index in [1.54, 1.807) is 11.0 Å². The van der Waals surface area contributed by atoms with Crippen molar-refractivity contribution in [3.63, 3.8) is 0 Å². The van der Waals surface area contributed by atoms with Gasteiger partial charge < -0.3 is 4.90 Å².